The SMILES string of the molecule is Cc1nc(CC(=O)N2CCCn3nc([C@H](O)CN(C)C)cc3C2)c(C)s1. The molecule has 0 bridgehead atoms. The average Bonchev–Trinajstić information content (AvgIpc) is 3.02. The van der Waals surface area contributed by atoms with Gasteiger partial charge >= 0.3 is 0 Å². The molecule has 0 aliphatic carbocycles. The predicted molar refractivity (Wildman–Crippen MR) is 101 cm³/mol. The van der Waals surface area contributed by atoms with Crippen molar-refractivity contribution in [3.8, 4) is 0 Å². The van der Waals surface area contributed by atoms with Crippen molar-refractivity contribution in [3.05, 3.63) is 33.0 Å². The lowest BCUT2D eigenvalue weighted by Gasteiger charge is -2.19. The molecule has 3 rings (SSSR count). The maximum atomic E-state index is 12.8. The number of aliphatic hydroxyl groups excluding tert-OH is 1. The monoisotopic (exact) mass is 377 g/mol. The molecular weight excluding hydrogens is 350 g/mol. The molecule has 1 amide bonds. The van der Waals surface area contributed by atoms with E-state index < -0.39 is 6.10 Å². The van der Waals surface area contributed by atoms with Crippen LogP contribution < -0.4 is 0 Å². The Morgan fingerprint density at radius 1 is 1.38 bits per heavy atom. The number of carbonyl (C=O) groups is 1. The largest absolute Gasteiger partial charge is 0.385 e. The molecule has 7 nitrogen and oxygen atoms in total. The van der Waals surface area contributed by atoms with E-state index in [1.807, 2.05) is 48.5 Å². The fraction of sp³-hybridized carbons (Fsp3) is 0.611. The molecule has 1 atom stereocenters. The van der Waals surface area contributed by atoms with E-state index in [-0.39, 0.29) is 5.91 Å². The standard InChI is InChI=1S/C18H27N5O2S/c1-12-15(19-13(2)26-12)9-18(25)22-6-5-7-23-14(10-22)8-16(20-23)17(24)11-21(3)4/h8,17,24H,5-7,9-11H2,1-4H3/t17-/m1/s1. The van der Waals surface area contributed by atoms with Gasteiger partial charge in [0.05, 0.1) is 35.1 Å². The fourth-order valence-electron chi connectivity index (χ4n) is 3.29. The van der Waals surface area contributed by atoms with E-state index >= 15 is 0 Å². The van der Waals surface area contributed by atoms with E-state index in [1.54, 1.807) is 11.3 Å². The lowest BCUT2D eigenvalue weighted by atomic mass is 10.2. The average molecular weight is 378 g/mol. The Labute approximate surface area is 158 Å². The van der Waals surface area contributed by atoms with E-state index in [1.165, 1.54) is 0 Å². The van der Waals surface area contributed by atoms with Gasteiger partial charge in [-0.2, -0.15) is 5.10 Å². The topological polar surface area (TPSA) is 74.5 Å². The third-order valence-corrected chi connectivity index (χ3v) is 5.51. The Bertz CT molecular complexity index is 783. The third kappa shape index (κ3) is 4.31. The normalized spacial score (nSPS) is 15.8. The number of amides is 1. The van der Waals surface area contributed by atoms with Crippen LogP contribution in [-0.4, -0.2) is 62.8 Å². The highest BCUT2D eigenvalue weighted by molar-refractivity contribution is 7.11. The Morgan fingerprint density at radius 2 is 2.15 bits per heavy atom. The van der Waals surface area contributed by atoms with E-state index in [4.69, 9.17) is 0 Å². The first-order chi connectivity index (χ1) is 12.3. The molecule has 0 saturated carbocycles. The zero-order valence-corrected chi connectivity index (χ0v) is 16.7. The highest BCUT2D eigenvalue weighted by Gasteiger charge is 2.23. The van der Waals surface area contributed by atoms with Crippen molar-refractivity contribution in [2.45, 2.75) is 45.9 Å². The number of fused-ring (bicyclic) bond motifs is 1. The number of hydrogen-bond acceptors (Lipinski definition) is 6. The second kappa shape index (κ2) is 7.85. The summed E-state index contributed by atoms with van der Waals surface area (Å²) in [5.74, 6) is 0.100. The summed E-state index contributed by atoms with van der Waals surface area (Å²) in [5, 5.41) is 15.9. The molecule has 0 aromatic carbocycles. The molecule has 0 radical (unpaired) electrons. The van der Waals surface area contributed by atoms with Gasteiger partial charge in [-0.05, 0) is 40.4 Å². The molecular formula is C18H27N5O2S. The first-order valence-corrected chi connectivity index (χ1v) is 9.75. The minimum atomic E-state index is -0.616. The van der Waals surface area contributed by atoms with Crippen LogP contribution in [0.25, 0.3) is 0 Å². The third-order valence-electron chi connectivity index (χ3n) is 4.58. The van der Waals surface area contributed by atoms with Crippen LogP contribution >= 0.6 is 11.3 Å². The zero-order chi connectivity index (χ0) is 18.8. The summed E-state index contributed by atoms with van der Waals surface area (Å²) in [6.45, 7) is 6.53. The molecule has 8 heteroatoms. The molecule has 0 fully saturated rings. The van der Waals surface area contributed by atoms with Crippen molar-refractivity contribution >= 4 is 17.2 Å². The van der Waals surface area contributed by atoms with Crippen LogP contribution in [0, 0.1) is 13.8 Å². The minimum Gasteiger partial charge on any atom is -0.385 e. The Kier molecular flexibility index (Phi) is 5.74. The van der Waals surface area contributed by atoms with Crippen LogP contribution in [0.4, 0.5) is 0 Å². The Morgan fingerprint density at radius 3 is 2.81 bits per heavy atom. The predicted octanol–water partition coefficient (Wildman–Crippen LogP) is 1.53. The lowest BCUT2D eigenvalue weighted by molar-refractivity contribution is -0.131. The second-order valence-electron chi connectivity index (χ2n) is 7.14. The van der Waals surface area contributed by atoms with Crippen LogP contribution in [0.5, 0.6) is 0 Å². The number of thiazole rings is 1. The van der Waals surface area contributed by atoms with Gasteiger partial charge in [-0.3, -0.25) is 9.48 Å². The quantitative estimate of drug-likeness (QED) is 0.855. The summed E-state index contributed by atoms with van der Waals surface area (Å²) >= 11 is 1.63. The number of likely N-dealkylation sites (N-methyl/N-ethyl adjacent to an activating group) is 1. The van der Waals surface area contributed by atoms with Crippen LogP contribution in [0.2, 0.25) is 0 Å². The maximum absolute atomic E-state index is 12.8. The van der Waals surface area contributed by atoms with Gasteiger partial charge in [-0.25, -0.2) is 4.98 Å². The lowest BCUT2D eigenvalue weighted by Crippen LogP contribution is -2.32. The number of carbonyl (C=O) groups excluding carboxylic acids is 1. The molecule has 142 valence electrons. The summed E-state index contributed by atoms with van der Waals surface area (Å²) in [4.78, 5) is 22.2. The molecule has 0 saturated heterocycles. The van der Waals surface area contributed by atoms with Gasteiger partial charge in [0.25, 0.3) is 0 Å². The molecule has 1 N–H and O–H groups in total. The molecule has 3 heterocycles. The first-order valence-electron chi connectivity index (χ1n) is 8.93. The molecule has 2 aromatic rings. The van der Waals surface area contributed by atoms with Crippen LogP contribution in [0.1, 0.15) is 39.5 Å². The van der Waals surface area contributed by atoms with Gasteiger partial charge in [0.15, 0.2) is 0 Å². The van der Waals surface area contributed by atoms with Crippen molar-refractivity contribution in [1.82, 2.24) is 24.6 Å². The molecule has 1 aliphatic heterocycles. The van der Waals surface area contributed by atoms with Gasteiger partial charge in [-0.1, -0.05) is 0 Å². The number of rotatable bonds is 5. The molecule has 0 unspecified atom stereocenters. The summed E-state index contributed by atoms with van der Waals surface area (Å²) in [7, 11) is 3.85. The number of aromatic nitrogens is 3. The summed E-state index contributed by atoms with van der Waals surface area (Å²) < 4.78 is 1.93. The number of hydrogen-bond donors (Lipinski definition) is 1. The number of aliphatic hydroxyl groups is 1. The maximum Gasteiger partial charge on any atom is 0.228 e. The second-order valence-corrected chi connectivity index (χ2v) is 8.55. The van der Waals surface area contributed by atoms with Gasteiger partial charge in [-0.15, -0.1) is 11.3 Å². The fourth-order valence-corrected chi connectivity index (χ4v) is 4.13. The number of aryl methyl sites for hydroxylation is 3. The highest BCUT2D eigenvalue weighted by Crippen LogP contribution is 2.21. The van der Waals surface area contributed by atoms with Gasteiger partial charge < -0.3 is 14.9 Å². The van der Waals surface area contributed by atoms with Gasteiger partial charge in [0.1, 0.15) is 6.10 Å². The van der Waals surface area contributed by atoms with Gasteiger partial charge in [0.2, 0.25) is 5.91 Å². The van der Waals surface area contributed by atoms with Crippen molar-refractivity contribution in [2.24, 2.45) is 0 Å². The van der Waals surface area contributed by atoms with Crippen molar-refractivity contribution in [1.29, 1.82) is 0 Å². The molecule has 26 heavy (non-hydrogen) atoms. The molecule has 1 aliphatic rings. The number of nitrogens with zero attached hydrogens (tertiary/aromatic N) is 5. The summed E-state index contributed by atoms with van der Waals surface area (Å²) in [5.41, 5.74) is 2.54. The zero-order valence-electron chi connectivity index (χ0n) is 15.9. The Balaban J connectivity index is 1.71. The van der Waals surface area contributed by atoms with Gasteiger partial charge in [0, 0.05) is 24.5 Å². The van der Waals surface area contributed by atoms with Crippen LogP contribution in [-0.2, 0) is 24.3 Å². The van der Waals surface area contributed by atoms with E-state index in [9.17, 15) is 9.90 Å². The minimum absolute atomic E-state index is 0.100. The highest BCUT2D eigenvalue weighted by atomic mass is 32.1. The van der Waals surface area contributed by atoms with Crippen molar-refractivity contribution in [2.75, 3.05) is 27.2 Å². The van der Waals surface area contributed by atoms with Crippen molar-refractivity contribution < 1.29 is 9.90 Å². The van der Waals surface area contributed by atoms with Crippen LogP contribution in [0.15, 0.2) is 6.07 Å². The van der Waals surface area contributed by atoms with E-state index in [2.05, 4.69) is 10.1 Å². The van der Waals surface area contributed by atoms with Crippen molar-refractivity contribution in [3.63, 3.8) is 0 Å². The Hall–Kier alpha value is -1.77. The summed E-state index contributed by atoms with van der Waals surface area (Å²) in [6, 6.07) is 1.93. The van der Waals surface area contributed by atoms with Crippen LogP contribution in [0.3, 0.4) is 0 Å². The molecule has 2 aromatic heterocycles. The van der Waals surface area contributed by atoms with E-state index in [0.29, 0.717) is 25.2 Å². The summed E-state index contributed by atoms with van der Waals surface area (Å²) in [6.07, 6.45) is 0.591. The molecule has 0 spiro atoms. The first kappa shape index (κ1) is 19.0. The smallest absolute Gasteiger partial charge is 0.228 e. The van der Waals surface area contributed by atoms with E-state index in [0.717, 1.165) is 40.8 Å².